The van der Waals surface area contributed by atoms with Crippen molar-refractivity contribution in [1.29, 1.82) is 0 Å². The zero-order valence-corrected chi connectivity index (χ0v) is 16.6. The molecule has 0 amide bonds. The van der Waals surface area contributed by atoms with E-state index in [1.54, 1.807) is 7.11 Å². The number of aromatic amines is 1. The lowest BCUT2D eigenvalue weighted by atomic mass is 9.76. The highest BCUT2D eigenvalue weighted by molar-refractivity contribution is 5.40. The highest BCUT2D eigenvalue weighted by Crippen LogP contribution is 2.45. The minimum Gasteiger partial charge on any atom is -0.385 e. The molecule has 150 valence electrons. The van der Waals surface area contributed by atoms with Crippen molar-refractivity contribution in [2.24, 2.45) is 0 Å². The first-order valence-corrected chi connectivity index (χ1v) is 10.3. The lowest BCUT2D eigenvalue weighted by Gasteiger charge is -2.42. The molecule has 1 unspecified atom stereocenters. The third-order valence-corrected chi connectivity index (χ3v) is 6.79. The first-order valence-electron chi connectivity index (χ1n) is 10.3. The summed E-state index contributed by atoms with van der Waals surface area (Å²) in [7, 11) is 1.77. The van der Waals surface area contributed by atoms with E-state index >= 15 is 0 Å². The second kappa shape index (κ2) is 7.89. The molecule has 3 heterocycles. The Bertz CT molecular complexity index is 706. The smallest absolute Gasteiger partial charge is 0.255 e. The molecule has 1 spiro atoms. The van der Waals surface area contributed by atoms with Gasteiger partial charge in [-0.3, -0.25) is 9.78 Å². The summed E-state index contributed by atoms with van der Waals surface area (Å²) >= 11 is 0. The number of hydrogen-bond donors (Lipinski definition) is 1. The van der Waals surface area contributed by atoms with Gasteiger partial charge in [0.25, 0.3) is 5.56 Å². The summed E-state index contributed by atoms with van der Waals surface area (Å²) in [5, 5.41) is 0. The van der Waals surface area contributed by atoms with Crippen molar-refractivity contribution in [2.75, 3.05) is 58.0 Å². The Labute approximate surface area is 161 Å². The van der Waals surface area contributed by atoms with Crippen LogP contribution in [-0.2, 0) is 21.3 Å². The Kier molecular flexibility index (Phi) is 5.53. The van der Waals surface area contributed by atoms with Crippen LogP contribution in [0.15, 0.2) is 4.79 Å². The molecule has 1 N–H and O–H groups in total. The maximum atomic E-state index is 12.7. The molecule has 3 aliphatic rings. The number of nitrogens with zero attached hydrogens (tertiary/aromatic N) is 3. The van der Waals surface area contributed by atoms with Crippen LogP contribution < -0.4 is 10.5 Å². The third kappa shape index (κ3) is 3.65. The standard InChI is InChI=1S/C20H32N4O3/c1-15(4-12-26-2)23-8-6-20(7-9-23)5-3-16-17(20)21-19(22-18(16)25)24-10-13-27-14-11-24/h15H,3-14H2,1-2H3,(H,21,22,25). The van der Waals surface area contributed by atoms with E-state index in [0.29, 0.717) is 19.3 Å². The van der Waals surface area contributed by atoms with Crippen molar-refractivity contribution in [1.82, 2.24) is 14.9 Å². The van der Waals surface area contributed by atoms with Gasteiger partial charge < -0.3 is 19.3 Å². The van der Waals surface area contributed by atoms with Gasteiger partial charge in [-0.05, 0) is 52.1 Å². The number of rotatable bonds is 5. The molecule has 0 aromatic carbocycles. The van der Waals surface area contributed by atoms with Crippen molar-refractivity contribution in [2.45, 2.75) is 50.5 Å². The van der Waals surface area contributed by atoms with Gasteiger partial charge in [0.2, 0.25) is 5.95 Å². The van der Waals surface area contributed by atoms with E-state index in [1.165, 1.54) is 0 Å². The fraction of sp³-hybridized carbons (Fsp3) is 0.800. The van der Waals surface area contributed by atoms with Crippen LogP contribution >= 0.6 is 0 Å². The number of anilines is 1. The Morgan fingerprint density at radius 1 is 1.22 bits per heavy atom. The highest BCUT2D eigenvalue weighted by atomic mass is 16.5. The number of H-pyrrole nitrogens is 1. The first kappa shape index (κ1) is 18.9. The predicted octanol–water partition coefficient (Wildman–Crippen LogP) is 1.31. The monoisotopic (exact) mass is 376 g/mol. The molecule has 2 fully saturated rings. The van der Waals surface area contributed by atoms with Crippen LogP contribution in [0.4, 0.5) is 5.95 Å². The molecule has 1 aromatic rings. The van der Waals surface area contributed by atoms with E-state index in [9.17, 15) is 4.79 Å². The van der Waals surface area contributed by atoms with Crippen molar-refractivity contribution < 1.29 is 9.47 Å². The number of nitrogens with one attached hydrogen (secondary N) is 1. The molecule has 2 aliphatic heterocycles. The van der Waals surface area contributed by atoms with Crippen LogP contribution in [0.3, 0.4) is 0 Å². The number of piperidine rings is 1. The van der Waals surface area contributed by atoms with Crippen molar-refractivity contribution in [3.05, 3.63) is 21.6 Å². The Morgan fingerprint density at radius 3 is 2.67 bits per heavy atom. The van der Waals surface area contributed by atoms with Gasteiger partial charge in [0, 0.05) is 43.8 Å². The Balaban J connectivity index is 1.53. The highest BCUT2D eigenvalue weighted by Gasteiger charge is 2.44. The Morgan fingerprint density at radius 2 is 1.96 bits per heavy atom. The minimum absolute atomic E-state index is 0.0641. The largest absolute Gasteiger partial charge is 0.385 e. The summed E-state index contributed by atoms with van der Waals surface area (Å²) in [6.07, 6.45) is 5.18. The molecule has 7 nitrogen and oxygen atoms in total. The molecule has 2 saturated heterocycles. The van der Waals surface area contributed by atoms with E-state index in [2.05, 4.69) is 21.7 Å². The SMILES string of the molecule is COCCC(C)N1CCC2(CCc3c2nc(N2CCOCC2)[nH]c3=O)CC1. The number of methoxy groups -OCH3 is 1. The molecule has 1 aromatic heterocycles. The number of fused-ring (bicyclic) bond motifs is 2. The fourth-order valence-corrected chi connectivity index (χ4v) is 4.91. The van der Waals surface area contributed by atoms with Crippen LogP contribution in [0.5, 0.6) is 0 Å². The van der Waals surface area contributed by atoms with Crippen LogP contribution in [0.1, 0.15) is 43.9 Å². The normalized spacial score (nSPS) is 23.6. The van der Waals surface area contributed by atoms with Crippen LogP contribution in [0.2, 0.25) is 0 Å². The summed E-state index contributed by atoms with van der Waals surface area (Å²) < 4.78 is 10.7. The molecule has 1 aliphatic carbocycles. The van der Waals surface area contributed by atoms with Crippen LogP contribution in [0.25, 0.3) is 0 Å². The van der Waals surface area contributed by atoms with Gasteiger partial charge in [-0.2, -0.15) is 0 Å². The van der Waals surface area contributed by atoms with Gasteiger partial charge in [-0.1, -0.05) is 0 Å². The number of ether oxygens (including phenoxy) is 2. The summed E-state index contributed by atoms with van der Waals surface area (Å²) in [6.45, 7) is 8.22. The van der Waals surface area contributed by atoms with E-state index < -0.39 is 0 Å². The maximum Gasteiger partial charge on any atom is 0.255 e. The quantitative estimate of drug-likeness (QED) is 0.836. The van der Waals surface area contributed by atoms with Gasteiger partial charge in [0.15, 0.2) is 0 Å². The van der Waals surface area contributed by atoms with Crippen LogP contribution in [0, 0.1) is 0 Å². The lowest BCUT2D eigenvalue weighted by Crippen LogP contribution is -2.46. The average Bonchev–Trinajstić information content (AvgIpc) is 3.06. The summed E-state index contributed by atoms with van der Waals surface area (Å²) in [5.74, 6) is 0.735. The molecular formula is C20H32N4O3. The molecule has 0 saturated carbocycles. The number of likely N-dealkylation sites (tertiary alicyclic amines) is 1. The van der Waals surface area contributed by atoms with Crippen LogP contribution in [-0.4, -0.2) is 74.0 Å². The van der Waals surface area contributed by atoms with Gasteiger partial charge in [-0.15, -0.1) is 0 Å². The number of aromatic nitrogens is 2. The van der Waals surface area contributed by atoms with Gasteiger partial charge in [-0.25, -0.2) is 4.98 Å². The first-order chi connectivity index (χ1) is 13.1. The molecular weight excluding hydrogens is 344 g/mol. The van der Waals surface area contributed by atoms with Crippen molar-refractivity contribution in [3.8, 4) is 0 Å². The summed E-state index contributed by atoms with van der Waals surface area (Å²) in [4.78, 5) is 25.5. The van der Waals surface area contributed by atoms with Crippen molar-refractivity contribution >= 4 is 5.95 Å². The third-order valence-electron chi connectivity index (χ3n) is 6.79. The topological polar surface area (TPSA) is 70.7 Å². The lowest BCUT2D eigenvalue weighted by molar-refractivity contribution is 0.0937. The number of hydrogen-bond acceptors (Lipinski definition) is 6. The second-order valence-corrected chi connectivity index (χ2v) is 8.26. The van der Waals surface area contributed by atoms with Gasteiger partial charge >= 0.3 is 0 Å². The summed E-state index contributed by atoms with van der Waals surface area (Å²) in [5.41, 5.74) is 2.15. The molecule has 4 rings (SSSR count). The van der Waals surface area contributed by atoms with E-state index in [-0.39, 0.29) is 11.0 Å². The zero-order chi connectivity index (χ0) is 18.9. The minimum atomic E-state index is 0.0641. The van der Waals surface area contributed by atoms with Gasteiger partial charge in [0.05, 0.1) is 18.9 Å². The molecule has 0 radical (unpaired) electrons. The maximum absolute atomic E-state index is 12.7. The molecule has 1 atom stereocenters. The predicted molar refractivity (Wildman–Crippen MR) is 105 cm³/mol. The van der Waals surface area contributed by atoms with E-state index in [0.717, 1.165) is 82.1 Å². The van der Waals surface area contributed by atoms with E-state index in [4.69, 9.17) is 14.5 Å². The van der Waals surface area contributed by atoms with Gasteiger partial charge in [0.1, 0.15) is 0 Å². The second-order valence-electron chi connectivity index (χ2n) is 8.26. The number of morpholine rings is 1. The van der Waals surface area contributed by atoms with Crippen molar-refractivity contribution in [3.63, 3.8) is 0 Å². The fourth-order valence-electron chi connectivity index (χ4n) is 4.91. The Hall–Kier alpha value is -1.44. The zero-order valence-electron chi connectivity index (χ0n) is 16.6. The molecule has 7 heteroatoms. The van der Waals surface area contributed by atoms with E-state index in [1.807, 2.05) is 0 Å². The molecule has 0 bridgehead atoms. The molecule has 27 heavy (non-hydrogen) atoms. The summed E-state index contributed by atoms with van der Waals surface area (Å²) in [6, 6.07) is 0.541. The average molecular weight is 377 g/mol.